The molecule has 9 heteroatoms. The third-order valence-corrected chi connectivity index (χ3v) is 5.67. The van der Waals surface area contributed by atoms with E-state index >= 15 is 0 Å². The van der Waals surface area contributed by atoms with E-state index < -0.39 is 15.8 Å². The molecule has 7 nitrogen and oxygen atoms in total. The van der Waals surface area contributed by atoms with Crippen molar-refractivity contribution in [3.05, 3.63) is 18.2 Å². The molecule has 0 amide bonds. The number of piperidine rings is 1. The maximum Gasteiger partial charge on any atom is 0.225 e. The summed E-state index contributed by atoms with van der Waals surface area (Å²) in [5.41, 5.74) is -0.282. The molecule has 1 aromatic rings. The lowest BCUT2D eigenvalue weighted by Crippen LogP contribution is -2.52. The zero-order valence-corrected chi connectivity index (χ0v) is 13.9. The van der Waals surface area contributed by atoms with Gasteiger partial charge in [-0.25, -0.2) is 27.1 Å². The number of anilines is 1. The second-order valence-electron chi connectivity index (χ2n) is 6.38. The zero-order valence-electron chi connectivity index (χ0n) is 13.1. The van der Waals surface area contributed by atoms with Crippen molar-refractivity contribution < 1.29 is 17.5 Å². The number of hydrogen-bond donors (Lipinski definition) is 0. The number of nitrogens with zero attached hydrogens (tertiary/aromatic N) is 4. The lowest BCUT2D eigenvalue weighted by molar-refractivity contribution is 0.0351. The van der Waals surface area contributed by atoms with Crippen LogP contribution in [0.25, 0.3) is 0 Å². The summed E-state index contributed by atoms with van der Waals surface area (Å²) in [6.45, 7) is 3.21. The Morgan fingerprint density at radius 2 is 2.00 bits per heavy atom. The van der Waals surface area contributed by atoms with Gasteiger partial charge in [0.25, 0.3) is 0 Å². The van der Waals surface area contributed by atoms with Crippen LogP contribution in [-0.4, -0.2) is 68.3 Å². The van der Waals surface area contributed by atoms with E-state index in [9.17, 15) is 12.8 Å². The lowest BCUT2D eigenvalue weighted by Gasteiger charge is -2.42. The Hall–Kier alpha value is -1.32. The van der Waals surface area contributed by atoms with Crippen LogP contribution < -0.4 is 4.90 Å². The van der Waals surface area contributed by atoms with Gasteiger partial charge in [-0.05, 0) is 12.8 Å². The molecular weight excluding hydrogens is 323 g/mol. The van der Waals surface area contributed by atoms with Gasteiger partial charge in [-0.3, -0.25) is 0 Å². The molecule has 128 valence electrons. The van der Waals surface area contributed by atoms with Gasteiger partial charge in [-0.15, -0.1) is 0 Å². The highest BCUT2D eigenvalue weighted by molar-refractivity contribution is 7.88. The van der Waals surface area contributed by atoms with E-state index in [1.165, 1.54) is 10.6 Å². The third-order valence-electron chi connectivity index (χ3n) is 4.43. The van der Waals surface area contributed by atoms with Crippen LogP contribution in [0.1, 0.15) is 12.8 Å². The van der Waals surface area contributed by atoms with Gasteiger partial charge in [0.2, 0.25) is 16.0 Å². The first-order chi connectivity index (χ1) is 10.9. The van der Waals surface area contributed by atoms with E-state index in [1.54, 1.807) is 0 Å². The molecule has 1 aromatic heterocycles. The fourth-order valence-corrected chi connectivity index (χ4v) is 4.29. The number of hydrogen-bond acceptors (Lipinski definition) is 6. The quantitative estimate of drug-likeness (QED) is 0.777. The second-order valence-corrected chi connectivity index (χ2v) is 8.36. The summed E-state index contributed by atoms with van der Waals surface area (Å²) in [5, 5.41) is 0. The summed E-state index contributed by atoms with van der Waals surface area (Å²) in [6.07, 6.45) is 5.21. The molecule has 2 aliphatic heterocycles. The minimum absolute atomic E-state index is 0.282. The molecule has 0 bridgehead atoms. The number of rotatable bonds is 2. The molecule has 2 aliphatic rings. The van der Waals surface area contributed by atoms with Crippen molar-refractivity contribution in [1.82, 2.24) is 14.3 Å². The van der Waals surface area contributed by atoms with Gasteiger partial charge in [0.1, 0.15) is 0 Å². The minimum Gasteiger partial charge on any atom is -0.379 e. The molecule has 0 radical (unpaired) electrons. The van der Waals surface area contributed by atoms with Crippen LogP contribution >= 0.6 is 0 Å². The highest BCUT2D eigenvalue weighted by Gasteiger charge is 2.41. The van der Waals surface area contributed by atoms with Crippen LogP contribution in [0.3, 0.4) is 0 Å². The summed E-state index contributed by atoms with van der Waals surface area (Å²) >= 11 is 0. The standard InChI is InChI=1S/C14H21FN4O3S/c1-23(20,21)19-4-2-3-14(10-19)9-18(5-6-22-11-14)13-16-7-12(15)8-17-13/h7-8H,2-6,9-11H2,1H3/t14-/m1/s1. The lowest BCUT2D eigenvalue weighted by atomic mass is 9.81. The van der Waals surface area contributed by atoms with Gasteiger partial charge in [-0.1, -0.05) is 0 Å². The first-order valence-electron chi connectivity index (χ1n) is 7.63. The van der Waals surface area contributed by atoms with Crippen LogP contribution in [0.5, 0.6) is 0 Å². The molecule has 0 aromatic carbocycles. The minimum atomic E-state index is -3.22. The zero-order chi connectivity index (χ0) is 16.5. The smallest absolute Gasteiger partial charge is 0.225 e. The van der Waals surface area contributed by atoms with Crippen molar-refractivity contribution in [2.75, 3.05) is 50.5 Å². The number of ether oxygens (including phenoxy) is 1. The fourth-order valence-electron chi connectivity index (χ4n) is 3.33. The topological polar surface area (TPSA) is 75.6 Å². The molecule has 0 aliphatic carbocycles. The van der Waals surface area contributed by atoms with Crippen molar-refractivity contribution in [2.45, 2.75) is 12.8 Å². The van der Waals surface area contributed by atoms with E-state index in [4.69, 9.17) is 4.74 Å². The molecule has 1 spiro atoms. The van der Waals surface area contributed by atoms with Crippen LogP contribution in [0.15, 0.2) is 12.4 Å². The normalized spacial score (nSPS) is 27.1. The van der Waals surface area contributed by atoms with Crippen LogP contribution in [-0.2, 0) is 14.8 Å². The Labute approximate surface area is 135 Å². The van der Waals surface area contributed by atoms with Gasteiger partial charge in [0, 0.05) is 31.6 Å². The molecule has 2 fully saturated rings. The Morgan fingerprint density at radius 3 is 2.70 bits per heavy atom. The number of sulfonamides is 1. The van der Waals surface area contributed by atoms with Crippen LogP contribution in [0.2, 0.25) is 0 Å². The average Bonchev–Trinajstić information content (AvgIpc) is 2.70. The van der Waals surface area contributed by atoms with E-state index in [2.05, 4.69) is 9.97 Å². The molecule has 1 atom stereocenters. The Balaban J connectivity index is 1.82. The molecule has 3 heterocycles. The Bertz CT molecular complexity index is 654. The van der Waals surface area contributed by atoms with Gasteiger partial charge in [-0.2, -0.15) is 0 Å². The van der Waals surface area contributed by atoms with E-state index in [-0.39, 0.29) is 5.41 Å². The largest absolute Gasteiger partial charge is 0.379 e. The van der Waals surface area contributed by atoms with Crippen molar-refractivity contribution in [2.24, 2.45) is 5.41 Å². The highest BCUT2D eigenvalue weighted by atomic mass is 32.2. The molecule has 3 rings (SSSR count). The Kier molecular flexibility index (Phi) is 4.52. The average molecular weight is 344 g/mol. The molecule has 23 heavy (non-hydrogen) atoms. The van der Waals surface area contributed by atoms with Gasteiger partial charge in [0.05, 0.1) is 31.9 Å². The third kappa shape index (κ3) is 3.78. The molecule has 0 N–H and O–H groups in total. The van der Waals surface area contributed by atoms with E-state index in [0.29, 0.717) is 45.3 Å². The van der Waals surface area contributed by atoms with Crippen LogP contribution in [0.4, 0.5) is 10.3 Å². The summed E-state index contributed by atoms with van der Waals surface area (Å²) in [5.74, 6) is -0.0248. The number of halogens is 1. The summed E-state index contributed by atoms with van der Waals surface area (Å²) in [6, 6.07) is 0. The summed E-state index contributed by atoms with van der Waals surface area (Å²) < 4.78 is 44.1. The van der Waals surface area contributed by atoms with Crippen molar-refractivity contribution in [3.63, 3.8) is 0 Å². The monoisotopic (exact) mass is 344 g/mol. The molecule has 0 unspecified atom stereocenters. The van der Waals surface area contributed by atoms with E-state index in [0.717, 1.165) is 25.2 Å². The molecular formula is C14H21FN4O3S. The van der Waals surface area contributed by atoms with Crippen molar-refractivity contribution >= 4 is 16.0 Å². The first kappa shape index (κ1) is 16.5. The van der Waals surface area contributed by atoms with Crippen LogP contribution in [0, 0.1) is 11.2 Å². The maximum absolute atomic E-state index is 13.0. The van der Waals surface area contributed by atoms with Gasteiger partial charge < -0.3 is 9.64 Å². The predicted molar refractivity (Wildman–Crippen MR) is 83.1 cm³/mol. The fraction of sp³-hybridized carbons (Fsp3) is 0.714. The predicted octanol–water partition coefficient (Wildman–Crippen LogP) is 0.494. The number of aromatic nitrogens is 2. The molecule has 2 saturated heterocycles. The maximum atomic E-state index is 13.0. The summed E-state index contributed by atoms with van der Waals surface area (Å²) in [7, 11) is -3.22. The Morgan fingerprint density at radius 1 is 1.26 bits per heavy atom. The van der Waals surface area contributed by atoms with Gasteiger partial charge >= 0.3 is 0 Å². The van der Waals surface area contributed by atoms with E-state index in [1.807, 2.05) is 4.90 Å². The molecule has 0 saturated carbocycles. The first-order valence-corrected chi connectivity index (χ1v) is 9.48. The highest BCUT2D eigenvalue weighted by Crippen LogP contribution is 2.34. The second kappa shape index (κ2) is 6.29. The SMILES string of the molecule is CS(=O)(=O)N1CCC[C@]2(COCCN(c3ncc(F)cn3)C2)C1. The van der Waals surface area contributed by atoms with Gasteiger partial charge in [0.15, 0.2) is 5.82 Å². The van der Waals surface area contributed by atoms with Crippen molar-refractivity contribution in [3.8, 4) is 0 Å². The van der Waals surface area contributed by atoms with Crippen molar-refractivity contribution in [1.29, 1.82) is 0 Å². The summed E-state index contributed by atoms with van der Waals surface area (Å²) in [4.78, 5) is 10.0.